The molecule has 1 aliphatic rings. The molecule has 31 heavy (non-hydrogen) atoms. The van der Waals surface area contributed by atoms with Gasteiger partial charge in [0.15, 0.2) is 16.4 Å². The number of sulfone groups is 1. The summed E-state index contributed by atoms with van der Waals surface area (Å²) >= 11 is 0. The van der Waals surface area contributed by atoms with Gasteiger partial charge in [-0.3, -0.25) is 9.59 Å². The molecule has 1 heterocycles. The van der Waals surface area contributed by atoms with Gasteiger partial charge in [-0.25, -0.2) is 8.42 Å². The molecule has 2 N–H and O–H groups in total. The highest BCUT2D eigenvalue weighted by molar-refractivity contribution is 7.92. The third-order valence-corrected chi connectivity index (χ3v) is 7.47. The number of amides is 2. The Labute approximate surface area is 182 Å². The fraction of sp³-hybridized carbons (Fsp3) is 0.364. The lowest BCUT2D eigenvalue weighted by molar-refractivity contribution is -0.118. The highest BCUT2D eigenvalue weighted by Gasteiger charge is 2.29. The van der Waals surface area contributed by atoms with E-state index < -0.39 is 15.1 Å². The summed E-state index contributed by atoms with van der Waals surface area (Å²) in [4.78, 5) is 26.1. The zero-order valence-corrected chi connectivity index (χ0v) is 19.1. The molecule has 2 amide bonds. The van der Waals surface area contributed by atoms with Crippen molar-refractivity contribution in [2.45, 2.75) is 37.3 Å². The molecule has 1 atom stereocenters. The largest absolute Gasteiger partial charge is 0.482 e. The van der Waals surface area contributed by atoms with Crippen LogP contribution in [-0.4, -0.2) is 46.2 Å². The van der Waals surface area contributed by atoms with Crippen LogP contribution in [0.2, 0.25) is 0 Å². The standard InChI is InChI=1S/C22H27N3O5S/c1-13-6-7-16(10-18(13)25(4)5)23-21(26)9-15(3)31(28,29)20-11-19-17(8-14(20)2)24-22(27)12-30-19/h6-8,10-11,15H,9,12H2,1-5H3,(H,23,26)(H,24,27)/t15-/m1/s1. The molecule has 2 aromatic carbocycles. The van der Waals surface area contributed by atoms with E-state index in [-0.39, 0.29) is 29.7 Å². The summed E-state index contributed by atoms with van der Waals surface area (Å²) in [5.74, 6) is -0.374. The molecule has 9 heteroatoms. The summed E-state index contributed by atoms with van der Waals surface area (Å²) in [5, 5.41) is 4.50. The van der Waals surface area contributed by atoms with Gasteiger partial charge in [0, 0.05) is 38.0 Å². The monoisotopic (exact) mass is 445 g/mol. The molecule has 0 unspecified atom stereocenters. The van der Waals surface area contributed by atoms with Crippen molar-refractivity contribution in [2.24, 2.45) is 0 Å². The smallest absolute Gasteiger partial charge is 0.262 e. The van der Waals surface area contributed by atoms with Crippen molar-refractivity contribution in [3.8, 4) is 5.75 Å². The topological polar surface area (TPSA) is 105 Å². The Balaban J connectivity index is 1.77. The number of carbonyl (C=O) groups excluding carboxylic acids is 2. The predicted molar refractivity (Wildman–Crippen MR) is 121 cm³/mol. The normalized spacial score (nSPS) is 14.2. The highest BCUT2D eigenvalue weighted by Crippen LogP contribution is 2.34. The van der Waals surface area contributed by atoms with Crippen molar-refractivity contribution < 1.29 is 22.7 Å². The van der Waals surface area contributed by atoms with Crippen LogP contribution in [0.1, 0.15) is 24.5 Å². The summed E-state index contributed by atoms with van der Waals surface area (Å²) in [7, 11) is 0.0365. The SMILES string of the molecule is Cc1ccc(NC(=O)C[C@@H](C)S(=O)(=O)c2cc3c(cc2C)NC(=O)CO3)cc1N(C)C. The van der Waals surface area contributed by atoms with E-state index in [1.54, 1.807) is 19.1 Å². The summed E-state index contributed by atoms with van der Waals surface area (Å²) in [6.07, 6.45) is -0.193. The van der Waals surface area contributed by atoms with E-state index in [2.05, 4.69) is 10.6 Å². The number of anilines is 3. The number of fused-ring (bicyclic) bond motifs is 1. The molecule has 0 aromatic heterocycles. The van der Waals surface area contributed by atoms with Crippen molar-refractivity contribution >= 4 is 38.7 Å². The van der Waals surface area contributed by atoms with E-state index in [1.807, 2.05) is 38.1 Å². The molecule has 0 saturated carbocycles. The minimum atomic E-state index is -3.79. The molecule has 0 saturated heterocycles. The summed E-state index contributed by atoms with van der Waals surface area (Å²) in [5.41, 5.74) is 3.56. The van der Waals surface area contributed by atoms with E-state index >= 15 is 0 Å². The summed E-state index contributed by atoms with van der Waals surface area (Å²) < 4.78 is 31.6. The van der Waals surface area contributed by atoms with Gasteiger partial charge in [0.2, 0.25) is 5.91 Å². The number of carbonyl (C=O) groups is 2. The van der Waals surface area contributed by atoms with Gasteiger partial charge in [-0.2, -0.15) is 0 Å². The first-order valence-corrected chi connectivity index (χ1v) is 11.4. The van der Waals surface area contributed by atoms with Crippen molar-refractivity contribution in [3.63, 3.8) is 0 Å². The second kappa shape index (κ2) is 8.58. The Kier molecular flexibility index (Phi) is 6.26. The number of nitrogens with one attached hydrogen (secondary N) is 2. The molecule has 0 fully saturated rings. The summed E-state index contributed by atoms with van der Waals surface area (Å²) in [6, 6.07) is 8.53. The Morgan fingerprint density at radius 2 is 1.90 bits per heavy atom. The zero-order chi connectivity index (χ0) is 22.9. The first-order chi connectivity index (χ1) is 14.5. The van der Waals surface area contributed by atoms with Crippen LogP contribution < -0.4 is 20.3 Å². The van der Waals surface area contributed by atoms with Crippen LogP contribution in [0.3, 0.4) is 0 Å². The lowest BCUT2D eigenvalue weighted by Gasteiger charge is -2.21. The fourth-order valence-corrected chi connectivity index (χ4v) is 5.07. The van der Waals surface area contributed by atoms with Gasteiger partial charge >= 0.3 is 0 Å². The van der Waals surface area contributed by atoms with Crippen LogP contribution in [0.5, 0.6) is 5.75 Å². The van der Waals surface area contributed by atoms with Crippen LogP contribution in [0.4, 0.5) is 17.1 Å². The average Bonchev–Trinajstić information content (AvgIpc) is 2.68. The van der Waals surface area contributed by atoms with Gasteiger partial charge < -0.3 is 20.3 Å². The van der Waals surface area contributed by atoms with Crippen LogP contribution in [0.25, 0.3) is 0 Å². The number of aryl methyl sites for hydroxylation is 2. The van der Waals surface area contributed by atoms with E-state index in [1.165, 1.54) is 13.0 Å². The molecule has 0 bridgehead atoms. The van der Waals surface area contributed by atoms with Crippen molar-refractivity contribution in [3.05, 3.63) is 41.5 Å². The van der Waals surface area contributed by atoms with E-state index in [0.717, 1.165) is 11.3 Å². The van der Waals surface area contributed by atoms with Crippen molar-refractivity contribution in [2.75, 3.05) is 36.2 Å². The van der Waals surface area contributed by atoms with Gasteiger partial charge in [0.1, 0.15) is 5.75 Å². The van der Waals surface area contributed by atoms with Crippen molar-refractivity contribution in [1.29, 1.82) is 0 Å². The molecule has 0 spiro atoms. The van der Waals surface area contributed by atoms with Gasteiger partial charge in [-0.15, -0.1) is 0 Å². The third-order valence-electron chi connectivity index (χ3n) is 5.19. The second-order valence-corrected chi connectivity index (χ2v) is 10.3. The number of benzene rings is 2. The zero-order valence-electron chi connectivity index (χ0n) is 18.3. The fourth-order valence-electron chi connectivity index (χ4n) is 3.49. The maximum atomic E-state index is 13.1. The Morgan fingerprint density at radius 1 is 1.19 bits per heavy atom. The van der Waals surface area contributed by atoms with Crippen molar-refractivity contribution in [1.82, 2.24) is 0 Å². The number of ether oxygens (including phenoxy) is 1. The molecule has 8 nitrogen and oxygen atoms in total. The molecule has 2 aromatic rings. The molecule has 0 radical (unpaired) electrons. The second-order valence-electron chi connectivity index (χ2n) is 7.95. The third kappa shape index (κ3) is 4.82. The lowest BCUT2D eigenvalue weighted by Crippen LogP contribution is -2.27. The van der Waals surface area contributed by atoms with Gasteiger partial charge in [0.05, 0.1) is 15.8 Å². The Hall–Kier alpha value is -3.07. The predicted octanol–water partition coefficient (Wildman–Crippen LogP) is 2.89. The summed E-state index contributed by atoms with van der Waals surface area (Å²) in [6.45, 7) is 4.97. The number of rotatable bonds is 6. The minimum absolute atomic E-state index is 0.0907. The molecular weight excluding hydrogens is 418 g/mol. The van der Waals surface area contributed by atoms with Crippen LogP contribution in [-0.2, 0) is 19.4 Å². The maximum absolute atomic E-state index is 13.1. The maximum Gasteiger partial charge on any atom is 0.262 e. The first-order valence-electron chi connectivity index (χ1n) is 9.88. The van der Waals surface area contributed by atoms with Crippen LogP contribution in [0, 0.1) is 13.8 Å². The number of hydrogen-bond donors (Lipinski definition) is 2. The van der Waals surface area contributed by atoms with Crippen LogP contribution >= 0.6 is 0 Å². The van der Waals surface area contributed by atoms with Gasteiger partial charge in [-0.05, 0) is 50.1 Å². The Bertz CT molecular complexity index is 1140. The molecular formula is C22H27N3O5S. The highest BCUT2D eigenvalue weighted by atomic mass is 32.2. The minimum Gasteiger partial charge on any atom is -0.482 e. The van der Waals surface area contributed by atoms with E-state index in [9.17, 15) is 18.0 Å². The molecule has 0 aliphatic carbocycles. The average molecular weight is 446 g/mol. The molecule has 3 rings (SSSR count). The molecule has 1 aliphatic heterocycles. The van der Waals surface area contributed by atoms with E-state index in [0.29, 0.717) is 22.7 Å². The number of hydrogen-bond acceptors (Lipinski definition) is 6. The van der Waals surface area contributed by atoms with Gasteiger partial charge in [0.25, 0.3) is 5.91 Å². The van der Waals surface area contributed by atoms with Crippen LogP contribution in [0.15, 0.2) is 35.2 Å². The first kappa shape index (κ1) is 22.6. The lowest BCUT2D eigenvalue weighted by atomic mass is 10.1. The molecule has 166 valence electrons. The van der Waals surface area contributed by atoms with E-state index in [4.69, 9.17) is 4.74 Å². The number of nitrogens with zero attached hydrogens (tertiary/aromatic N) is 1. The quantitative estimate of drug-likeness (QED) is 0.708. The van der Waals surface area contributed by atoms with Gasteiger partial charge in [-0.1, -0.05) is 6.07 Å². The Morgan fingerprint density at radius 3 is 2.58 bits per heavy atom.